The first-order valence-corrected chi connectivity index (χ1v) is 11.3. The number of likely N-dealkylation sites (N-methyl/N-ethyl adjacent to an activating group) is 1. The Bertz CT molecular complexity index is 900. The van der Waals surface area contributed by atoms with E-state index in [2.05, 4.69) is 24.1 Å². The summed E-state index contributed by atoms with van der Waals surface area (Å²) in [5.74, 6) is -0.0373. The molecule has 1 N–H and O–H groups in total. The van der Waals surface area contributed by atoms with Crippen LogP contribution in [0.3, 0.4) is 0 Å². The average molecular weight is 430 g/mol. The number of anilines is 1. The zero-order chi connectivity index (χ0) is 21.7. The molecule has 2 aromatic rings. The highest BCUT2D eigenvalue weighted by Crippen LogP contribution is 2.42. The lowest BCUT2D eigenvalue weighted by Crippen LogP contribution is -2.35. The summed E-state index contributed by atoms with van der Waals surface area (Å²) in [5.41, 5.74) is 3.09. The number of carbonyl (C=O) groups is 2. The van der Waals surface area contributed by atoms with Gasteiger partial charge in [-0.25, -0.2) is 4.39 Å². The summed E-state index contributed by atoms with van der Waals surface area (Å²) in [6, 6.07) is 11.7. The van der Waals surface area contributed by atoms with Crippen LogP contribution >= 0.6 is 11.8 Å². The van der Waals surface area contributed by atoms with Gasteiger partial charge >= 0.3 is 0 Å². The first kappa shape index (κ1) is 22.3. The van der Waals surface area contributed by atoms with Gasteiger partial charge in [0, 0.05) is 24.3 Å². The van der Waals surface area contributed by atoms with Gasteiger partial charge in [0.25, 0.3) is 5.91 Å². The van der Waals surface area contributed by atoms with E-state index >= 15 is 0 Å². The van der Waals surface area contributed by atoms with Crippen molar-refractivity contribution in [2.24, 2.45) is 0 Å². The second kappa shape index (κ2) is 10.1. The van der Waals surface area contributed by atoms with Gasteiger partial charge in [0.1, 0.15) is 11.2 Å². The Labute approximate surface area is 181 Å². The fraction of sp³-hybridized carbons (Fsp3) is 0.391. The van der Waals surface area contributed by atoms with E-state index in [0.717, 1.165) is 36.4 Å². The lowest BCUT2D eigenvalue weighted by molar-refractivity contribution is -0.115. The predicted molar refractivity (Wildman–Crippen MR) is 120 cm³/mol. The monoisotopic (exact) mass is 429 g/mol. The Balaban J connectivity index is 1.74. The van der Waals surface area contributed by atoms with Gasteiger partial charge in [0.15, 0.2) is 0 Å². The molecule has 1 aliphatic heterocycles. The normalized spacial score (nSPS) is 16.4. The largest absolute Gasteiger partial charge is 0.351 e. The van der Waals surface area contributed by atoms with Crippen molar-refractivity contribution in [1.82, 2.24) is 10.2 Å². The van der Waals surface area contributed by atoms with Gasteiger partial charge in [0.2, 0.25) is 5.91 Å². The second-order valence-electron chi connectivity index (χ2n) is 7.26. The molecule has 0 aromatic heterocycles. The first-order chi connectivity index (χ1) is 14.4. The molecule has 0 radical (unpaired) electrons. The number of nitrogens with zero attached hydrogens (tertiary/aromatic N) is 2. The molecule has 1 atom stereocenters. The van der Waals surface area contributed by atoms with E-state index in [9.17, 15) is 14.0 Å². The highest BCUT2D eigenvalue weighted by atomic mass is 32.2. The molecule has 0 bridgehead atoms. The lowest BCUT2D eigenvalue weighted by atomic mass is 10.1. The standard InChI is InChI=1S/C23H28FN3O2S/c1-4-26(5-2)13-12-25-22(29)18-8-11-20(16(3)14-18)27-21(28)15-30-23(27)17-6-9-19(24)10-7-17/h6-11,14,23H,4-5,12-13,15H2,1-3H3,(H,25,29). The van der Waals surface area contributed by atoms with Gasteiger partial charge in [0.05, 0.1) is 5.75 Å². The molecule has 3 rings (SSSR count). The number of carbonyl (C=O) groups excluding carboxylic acids is 2. The van der Waals surface area contributed by atoms with Crippen molar-refractivity contribution in [3.63, 3.8) is 0 Å². The van der Waals surface area contributed by atoms with Gasteiger partial charge in [-0.3, -0.25) is 14.5 Å². The van der Waals surface area contributed by atoms with Crippen LogP contribution in [0.4, 0.5) is 10.1 Å². The highest BCUT2D eigenvalue weighted by Gasteiger charge is 2.34. The maximum Gasteiger partial charge on any atom is 0.251 e. The van der Waals surface area contributed by atoms with Gasteiger partial charge in [-0.1, -0.05) is 26.0 Å². The Morgan fingerprint density at radius 2 is 1.90 bits per heavy atom. The zero-order valence-electron chi connectivity index (χ0n) is 17.7. The number of nitrogens with one attached hydrogen (secondary N) is 1. The fourth-order valence-electron chi connectivity index (χ4n) is 3.59. The summed E-state index contributed by atoms with van der Waals surface area (Å²) in [6.45, 7) is 9.42. The van der Waals surface area contributed by atoms with Crippen molar-refractivity contribution in [2.75, 3.05) is 36.8 Å². The number of aryl methyl sites for hydroxylation is 1. The van der Waals surface area contributed by atoms with E-state index in [-0.39, 0.29) is 23.0 Å². The van der Waals surface area contributed by atoms with Gasteiger partial charge in [-0.05, 0) is 61.5 Å². The van der Waals surface area contributed by atoms with Crippen LogP contribution in [0.1, 0.15) is 40.7 Å². The molecule has 0 spiro atoms. The number of thioether (sulfide) groups is 1. The van der Waals surface area contributed by atoms with Crippen LogP contribution in [0, 0.1) is 12.7 Å². The molecule has 0 aliphatic carbocycles. The SMILES string of the molecule is CCN(CC)CCNC(=O)c1ccc(N2C(=O)CSC2c2ccc(F)cc2)c(C)c1. The van der Waals surface area contributed by atoms with Crippen LogP contribution in [0.5, 0.6) is 0 Å². The number of benzene rings is 2. The molecule has 0 saturated carbocycles. The minimum Gasteiger partial charge on any atom is -0.351 e. The van der Waals surface area contributed by atoms with Crippen molar-refractivity contribution in [2.45, 2.75) is 26.1 Å². The molecule has 1 aliphatic rings. The average Bonchev–Trinajstić information content (AvgIpc) is 3.12. The van der Waals surface area contributed by atoms with E-state index in [1.54, 1.807) is 23.1 Å². The van der Waals surface area contributed by atoms with Crippen LogP contribution < -0.4 is 10.2 Å². The van der Waals surface area contributed by atoms with Crippen LogP contribution in [0.25, 0.3) is 0 Å². The molecule has 30 heavy (non-hydrogen) atoms. The van der Waals surface area contributed by atoms with E-state index in [1.165, 1.54) is 23.9 Å². The molecule has 5 nitrogen and oxygen atoms in total. The van der Waals surface area contributed by atoms with Crippen molar-refractivity contribution in [3.05, 3.63) is 65.0 Å². The lowest BCUT2D eigenvalue weighted by Gasteiger charge is -2.26. The summed E-state index contributed by atoms with van der Waals surface area (Å²) in [6.07, 6.45) is 0. The maximum absolute atomic E-state index is 13.3. The molecule has 2 amide bonds. The van der Waals surface area contributed by atoms with E-state index in [4.69, 9.17) is 0 Å². The van der Waals surface area contributed by atoms with Crippen LogP contribution in [-0.2, 0) is 4.79 Å². The number of hydrogen-bond donors (Lipinski definition) is 1. The minimum absolute atomic E-state index is 0.00819. The van der Waals surface area contributed by atoms with Crippen LogP contribution in [-0.4, -0.2) is 48.6 Å². The van der Waals surface area contributed by atoms with Crippen LogP contribution in [0.2, 0.25) is 0 Å². The second-order valence-corrected chi connectivity index (χ2v) is 8.33. The molecule has 1 unspecified atom stereocenters. The van der Waals surface area contributed by atoms with Gasteiger partial charge in [-0.15, -0.1) is 11.8 Å². The molecular formula is C23H28FN3O2S. The molecule has 1 saturated heterocycles. The quantitative estimate of drug-likeness (QED) is 0.690. The molecular weight excluding hydrogens is 401 g/mol. The van der Waals surface area contributed by atoms with Gasteiger partial charge < -0.3 is 10.2 Å². The summed E-state index contributed by atoms with van der Waals surface area (Å²) in [5, 5.41) is 2.76. The van der Waals surface area contributed by atoms with E-state index in [0.29, 0.717) is 17.9 Å². The zero-order valence-corrected chi connectivity index (χ0v) is 18.5. The summed E-state index contributed by atoms with van der Waals surface area (Å²) in [4.78, 5) is 29.1. The molecule has 1 heterocycles. The Morgan fingerprint density at radius 3 is 2.53 bits per heavy atom. The molecule has 2 aromatic carbocycles. The molecule has 1 fully saturated rings. The van der Waals surface area contributed by atoms with E-state index < -0.39 is 0 Å². The topological polar surface area (TPSA) is 52.7 Å². The van der Waals surface area contributed by atoms with Crippen molar-refractivity contribution in [1.29, 1.82) is 0 Å². The highest BCUT2D eigenvalue weighted by molar-refractivity contribution is 8.00. The summed E-state index contributed by atoms with van der Waals surface area (Å²) in [7, 11) is 0. The van der Waals surface area contributed by atoms with Crippen LogP contribution in [0.15, 0.2) is 42.5 Å². The Morgan fingerprint density at radius 1 is 1.20 bits per heavy atom. The summed E-state index contributed by atoms with van der Waals surface area (Å²) < 4.78 is 13.3. The molecule has 7 heteroatoms. The van der Waals surface area contributed by atoms with Crippen molar-refractivity contribution < 1.29 is 14.0 Å². The number of halogens is 1. The first-order valence-electron chi connectivity index (χ1n) is 10.2. The number of amides is 2. The molecule has 160 valence electrons. The minimum atomic E-state index is -0.299. The summed E-state index contributed by atoms with van der Waals surface area (Å²) >= 11 is 1.52. The number of hydrogen-bond acceptors (Lipinski definition) is 4. The van der Waals surface area contributed by atoms with Gasteiger partial charge in [-0.2, -0.15) is 0 Å². The predicted octanol–water partition coefficient (Wildman–Crippen LogP) is 3.98. The van der Waals surface area contributed by atoms with Crippen molar-refractivity contribution >= 4 is 29.3 Å². The number of rotatable bonds is 8. The Kier molecular flexibility index (Phi) is 7.50. The smallest absolute Gasteiger partial charge is 0.251 e. The Hall–Kier alpha value is -2.38. The third-order valence-electron chi connectivity index (χ3n) is 5.35. The fourth-order valence-corrected chi connectivity index (χ4v) is 4.76. The maximum atomic E-state index is 13.3. The van der Waals surface area contributed by atoms with Crippen molar-refractivity contribution in [3.8, 4) is 0 Å². The third-order valence-corrected chi connectivity index (χ3v) is 6.56. The third kappa shape index (κ3) is 5.02. The van der Waals surface area contributed by atoms with E-state index in [1.807, 2.05) is 19.1 Å².